The minimum atomic E-state index is -0.117. The average Bonchev–Trinajstić information content (AvgIpc) is 2.85. The van der Waals surface area contributed by atoms with Crippen LogP contribution in [-0.2, 0) is 12.8 Å². The average molecular weight is 554 g/mol. The van der Waals surface area contributed by atoms with Crippen LogP contribution in [0.2, 0.25) is 5.02 Å². The maximum Gasteiger partial charge on any atom is 0.270 e. The molecule has 0 saturated carbocycles. The number of fused-ring (bicyclic) bond motifs is 1. The molecule has 0 bridgehead atoms. The van der Waals surface area contributed by atoms with Crippen molar-refractivity contribution in [2.45, 2.75) is 32.2 Å². The third-order valence-corrected chi connectivity index (χ3v) is 8.20. The number of anilines is 1. The molecular formula is C28H30BrClN4O. The summed E-state index contributed by atoms with van der Waals surface area (Å²) < 4.78 is 1.17. The quantitative estimate of drug-likeness (QED) is 0.463. The van der Waals surface area contributed by atoms with Crippen LogP contribution in [0.4, 0.5) is 5.69 Å². The summed E-state index contributed by atoms with van der Waals surface area (Å²) in [4.78, 5) is 22.4. The molecule has 0 unspecified atom stereocenters. The molecule has 1 saturated heterocycles. The fraction of sp³-hybridized carbons (Fsp3) is 0.357. The highest BCUT2D eigenvalue weighted by atomic mass is 79.9. The molecule has 0 spiro atoms. The summed E-state index contributed by atoms with van der Waals surface area (Å²) in [6.45, 7) is 6.23. The van der Waals surface area contributed by atoms with Crippen molar-refractivity contribution < 1.29 is 4.79 Å². The lowest BCUT2D eigenvalue weighted by Gasteiger charge is -2.37. The van der Waals surface area contributed by atoms with E-state index in [1.54, 1.807) is 6.20 Å². The van der Waals surface area contributed by atoms with Crippen molar-refractivity contribution in [2.24, 2.45) is 0 Å². The molecule has 35 heavy (non-hydrogen) atoms. The van der Waals surface area contributed by atoms with Gasteiger partial charge in [-0.2, -0.15) is 0 Å². The maximum absolute atomic E-state index is 13.1. The number of rotatable bonds is 4. The smallest absolute Gasteiger partial charge is 0.270 e. The number of hydrogen-bond acceptors (Lipinski definition) is 4. The highest BCUT2D eigenvalue weighted by molar-refractivity contribution is 9.10. The van der Waals surface area contributed by atoms with Crippen molar-refractivity contribution in [1.82, 2.24) is 15.2 Å². The Morgan fingerprint density at radius 3 is 2.60 bits per heavy atom. The van der Waals surface area contributed by atoms with Crippen molar-refractivity contribution in [2.75, 3.05) is 38.1 Å². The molecule has 2 aliphatic rings. The highest BCUT2D eigenvalue weighted by Gasteiger charge is 2.27. The van der Waals surface area contributed by atoms with Gasteiger partial charge in [-0.05, 0) is 85.8 Å². The summed E-state index contributed by atoms with van der Waals surface area (Å²) in [7, 11) is 2.18. The number of hydrogen-bond donors (Lipinski definition) is 1. The molecule has 2 heterocycles. The number of nitrogens with one attached hydrogen (secondary N) is 1. The minimum absolute atomic E-state index is 0.0931. The van der Waals surface area contributed by atoms with E-state index in [-0.39, 0.29) is 11.9 Å². The number of aromatic nitrogens is 1. The van der Waals surface area contributed by atoms with Crippen LogP contribution in [0.3, 0.4) is 0 Å². The van der Waals surface area contributed by atoms with Crippen LogP contribution in [0, 0.1) is 6.92 Å². The lowest BCUT2D eigenvalue weighted by molar-refractivity contribution is 0.0928. The predicted octanol–water partition coefficient (Wildman–Crippen LogP) is 5.51. The number of likely N-dealkylation sites (N-methyl/N-ethyl adjacent to an activating group) is 1. The van der Waals surface area contributed by atoms with E-state index >= 15 is 0 Å². The zero-order chi connectivity index (χ0) is 24.5. The van der Waals surface area contributed by atoms with Crippen LogP contribution < -0.4 is 10.2 Å². The van der Waals surface area contributed by atoms with E-state index < -0.39 is 0 Å². The molecule has 1 aliphatic heterocycles. The van der Waals surface area contributed by atoms with Gasteiger partial charge in [-0.25, -0.2) is 0 Å². The number of piperazine rings is 1. The fourth-order valence-corrected chi connectivity index (χ4v) is 5.98. The number of amides is 1. The number of carbonyl (C=O) groups excluding carboxylic acids is 1. The van der Waals surface area contributed by atoms with Crippen LogP contribution >= 0.6 is 27.5 Å². The van der Waals surface area contributed by atoms with E-state index in [9.17, 15) is 4.79 Å². The minimum Gasteiger partial charge on any atom is -0.369 e. The summed E-state index contributed by atoms with van der Waals surface area (Å²) in [6, 6.07) is 14.1. The monoisotopic (exact) mass is 552 g/mol. The number of carbonyl (C=O) groups is 1. The molecule has 2 aromatic carbocycles. The molecule has 1 fully saturated rings. The Bertz CT molecular complexity index is 1240. The van der Waals surface area contributed by atoms with Crippen LogP contribution in [0.25, 0.3) is 11.1 Å². The summed E-state index contributed by atoms with van der Waals surface area (Å²) in [5.74, 6) is -0.117. The third-order valence-electron chi connectivity index (χ3n) is 7.22. The normalized spacial score (nSPS) is 18.3. The zero-order valence-electron chi connectivity index (χ0n) is 20.2. The predicted molar refractivity (Wildman–Crippen MR) is 147 cm³/mol. The van der Waals surface area contributed by atoms with Crippen LogP contribution in [-0.4, -0.2) is 55.1 Å². The molecule has 1 aromatic heterocycles. The van der Waals surface area contributed by atoms with Gasteiger partial charge in [0.1, 0.15) is 5.69 Å². The Balaban J connectivity index is 1.30. The number of benzene rings is 2. The van der Waals surface area contributed by atoms with Gasteiger partial charge in [-0.3, -0.25) is 9.78 Å². The summed E-state index contributed by atoms with van der Waals surface area (Å²) in [6.07, 6.45) is 4.48. The number of aryl methyl sites for hydroxylation is 1. The van der Waals surface area contributed by atoms with Gasteiger partial charge in [0, 0.05) is 59.2 Å². The van der Waals surface area contributed by atoms with Crippen LogP contribution in [0.15, 0.2) is 53.1 Å². The Hall–Kier alpha value is -2.41. The molecule has 3 aromatic rings. The topological polar surface area (TPSA) is 48.5 Å². The second kappa shape index (κ2) is 10.3. The molecule has 182 valence electrons. The summed E-state index contributed by atoms with van der Waals surface area (Å²) in [5.41, 5.74) is 7.63. The van der Waals surface area contributed by atoms with Gasteiger partial charge in [0.25, 0.3) is 5.91 Å². The Morgan fingerprint density at radius 2 is 1.89 bits per heavy atom. The van der Waals surface area contributed by atoms with Crippen molar-refractivity contribution in [3.63, 3.8) is 0 Å². The Labute approximate surface area is 220 Å². The molecular weight excluding hydrogens is 524 g/mol. The number of pyridine rings is 1. The molecule has 5 rings (SSSR count). The Kier molecular flexibility index (Phi) is 7.14. The molecule has 1 atom stereocenters. The van der Waals surface area contributed by atoms with Gasteiger partial charge in [0.2, 0.25) is 0 Å². The van der Waals surface area contributed by atoms with E-state index in [0.717, 1.165) is 62.1 Å². The maximum atomic E-state index is 13.1. The van der Waals surface area contributed by atoms with Gasteiger partial charge in [-0.15, -0.1) is 0 Å². The molecule has 5 nitrogen and oxygen atoms in total. The molecule has 0 radical (unpaired) electrons. The first-order valence-electron chi connectivity index (χ1n) is 12.2. The second-order valence-electron chi connectivity index (χ2n) is 9.62. The Morgan fingerprint density at radius 1 is 1.09 bits per heavy atom. The van der Waals surface area contributed by atoms with E-state index in [4.69, 9.17) is 11.6 Å². The van der Waals surface area contributed by atoms with Crippen LogP contribution in [0.5, 0.6) is 0 Å². The van der Waals surface area contributed by atoms with Crippen molar-refractivity contribution >= 4 is 39.1 Å². The molecule has 1 amide bonds. The SMILES string of the molecule is Cc1cc(Cl)ccc1-c1ccc(C(=O)N[C@H]2CCc3c(Br)ccc(N4CCN(C)CC4)c3C2)nc1. The van der Waals surface area contributed by atoms with Gasteiger partial charge in [0.15, 0.2) is 0 Å². The molecule has 1 N–H and O–H groups in total. The second-order valence-corrected chi connectivity index (χ2v) is 10.9. The van der Waals surface area contributed by atoms with Gasteiger partial charge >= 0.3 is 0 Å². The van der Waals surface area contributed by atoms with E-state index in [2.05, 4.69) is 55.2 Å². The van der Waals surface area contributed by atoms with Crippen molar-refractivity contribution in [1.29, 1.82) is 0 Å². The van der Waals surface area contributed by atoms with Gasteiger partial charge < -0.3 is 15.1 Å². The van der Waals surface area contributed by atoms with Crippen LogP contribution in [0.1, 0.15) is 33.6 Å². The van der Waals surface area contributed by atoms with E-state index in [1.807, 2.05) is 37.3 Å². The first kappa shape index (κ1) is 24.3. The third kappa shape index (κ3) is 5.25. The molecule has 1 aliphatic carbocycles. The van der Waals surface area contributed by atoms with Gasteiger partial charge in [-0.1, -0.05) is 39.7 Å². The van der Waals surface area contributed by atoms with Crippen molar-refractivity contribution in [3.8, 4) is 11.1 Å². The van der Waals surface area contributed by atoms with Gasteiger partial charge in [0.05, 0.1) is 0 Å². The van der Waals surface area contributed by atoms with E-state index in [0.29, 0.717) is 10.7 Å². The fourth-order valence-electron chi connectivity index (χ4n) is 5.18. The summed E-state index contributed by atoms with van der Waals surface area (Å²) in [5, 5.41) is 3.96. The lowest BCUT2D eigenvalue weighted by atomic mass is 9.86. The largest absolute Gasteiger partial charge is 0.369 e. The van der Waals surface area contributed by atoms with E-state index in [1.165, 1.54) is 21.3 Å². The van der Waals surface area contributed by atoms with Crippen molar-refractivity contribution in [3.05, 3.63) is 80.5 Å². The standard InChI is InChI=1S/C28H30BrClN4O/c1-18-15-20(30)4-6-22(18)19-3-9-26(31-17-19)28(35)32-21-5-7-23-24(16-21)27(10-8-25(23)29)34-13-11-33(2)12-14-34/h3-4,6,8-10,15,17,21H,5,7,11-14,16H2,1-2H3,(H,32,35)/t21-/m0/s1. The molecule has 7 heteroatoms. The first-order chi connectivity index (χ1) is 16.9. The number of halogens is 2. The zero-order valence-corrected chi connectivity index (χ0v) is 22.5. The lowest BCUT2D eigenvalue weighted by Crippen LogP contribution is -2.45. The highest BCUT2D eigenvalue weighted by Crippen LogP contribution is 2.36. The summed E-state index contributed by atoms with van der Waals surface area (Å²) >= 11 is 9.85. The first-order valence-corrected chi connectivity index (χ1v) is 13.3. The number of nitrogens with zero attached hydrogens (tertiary/aromatic N) is 3.